The summed E-state index contributed by atoms with van der Waals surface area (Å²) < 4.78 is 21.2. The zero-order chi connectivity index (χ0) is 19.8. The molecule has 1 aliphatic carbocycles. The van der Waals surface area contributed by atoms with Gasteiger partial charge >= 0.3 is 0 Å². The van der Waals surface area contributed by atoms with Crippen molar-refractivity contribution in [2.24, 2.45) is 11.8 Å². The third-order valence-electron chi connectivity index (χ3n) is 5.27. The van der Waals surface area contributed by atoms with Crippen LogP contribution in [0.25, 0.3) is 0 Å². The molecule has 8 heteroatoms. The Balaban J connectivity index is 1.09. The Morgan fingerprint density at radius 2 is 1.17 bits per heavy atom. The molecule has 2 aromatic carbocycles. The van der Waals surface area contributed by atoms with E-state index in [0.29, 0.717) is 42.5 Å². The largest absolute Gasteiger partial charge is 0.454 e. The summed E-state index contributed by atoms with van der Waals surface area (Å²) >= 11 is 0. The molecule has 0 saturated heterocycles. The van der Waals surface area contributed by atoms with Gasteiger partial charge in [0.15, 0.2) is 23.0 Å². The molecule has 1 saturated carbocycles. The van der Waals surface area contributed by atoms with Gasteiger partial charge in [0.1, 0.15) is 0 Å². The molecule has 8 nitrogen and oxygen atoms in total. The van der Waals surface area contributed by atoms with Crippen molar-refractivity contribution in [2.45, 2.75) is 19.5 Å². The van der Waals surface area contributed by atoms with E-state index < -0.39 is 0 Å². The smallest absolute Gasteiger partial charge is 0.231 e. The molecule has 2 atom stereocenters. The summed E-state index contributed by atoms with van der Waals surface area (Å²) in [4.78, 5) is 24.7. The summed E-state index contributed by atoms with van der Waals surface area (Å²) in [6, 6.07) is 11.1. The first-order valence-corrected chi connectivity index (χ1v) is 9.50. The van der Waals surface area contributed by atoms with Crippen molar-refractivity contribution in [2.75, 3.05) is 13.6 Å². The lowest BCUT2D eigenvalue weighted by Crippen LogP contribution is -2.29. The summed E-state index contributed by atoms with van der Waals surface area (Å²) in [7, 11) is 0. The Morgan fingerprint density at radius 1 is 0.724 bits per heavy atom. The normalized spacial score (nSPS) is 20.3. The molecule has 2 amide bonds. The monoisotopic (exact) mass is 396 g/mol. The molecule has 2 aliphatic heterocycles. The molecule has 0 aromatic heterocycles. The van der Waals surface area contributed by atoms with Gasteiger partial charge in [-0.1, -0.05) is 12.1 Å². The summed E-state index contributed by atoms with van der Waals surface area (Å²) in [5.41, 5.74) is 1.85. The SMILES string of the molecule is O=C(NCc1ccc2c(c1)OCO2)C1CC1C(=O)NCc1ccc2c(c1)OCO2. The van der Waals surface area contributed by atoms with Gasteiger partial charge in [-0.3, -0.25) is 9.59 Å². The Morgan fingerprint density at radius 3 is 1.66 bits per heavy atom. The zero-order valence-corrected chi connectivity index (χ0v) is 15.6. The number of nitrogens with one attached hydrogen (secondary N) is 2. The van der Waals surface area contributed by atoms with Crippen molar-refractivity contribution >= 4 is 11.8 Å². The highest BCUT2D eigenvalue weighted by atomic mass is 16.7. The van der Waals surface area contributed by atoms with E-state index in [0.717, 1.165) is 11.1 Å². The lowest BCUT2D eigenvalue weighted by atomic mass is 10.2. The van der Waals surface area contributed by atoms with Gasteiger partial charge < -0.3 is 29.6 Å². The molecule has 5 rings (SSSR count). The fourth-order valence-corrected chi connectivity index (χ4v) is 3.52. The highest BCUT2D eigenvalue weighted by molar-refractivity contribution is 5.92. The van der Waals surface area contributed by atoms with Crippen molar-refractivity contribution in [1.82, 2.24) is 10.6 Å². The number of carbonyl (C=O) groups is 2. The molecule has 0 bridgehead atoms. The van der Waals surface area contributed by atoms with E-state index in [9.17, 15) is 9.59 Å². The van der Waals surface area contributed by atoms with Gasteiger partial charge in [0.25, 0.3) is 0 Å². The molecule has 2 heterocycles. The van der Waals surface area contributed by atoms with Crippen LogP contribution in [0.15, 0.2) is 36.4 Å². The van der Waals surface area contributed by atoms with Crippen LogP contribution in [0.1, 0.15) is 17.5 Å². The van der Waals surface area contributed by atoms with E-state index in [1.165, 1.54) is 0 Å². The molecule has 2 unspecified atom stereocenters. The second kappa shape index (κ2) is 7.20. The highest BCUT2D eigenvalue weighted by Crippen LogP contribution is 2.39. The van der Waals surface area contributed by atoms with Gasteiger partial charge in [0.05, 0.1) is 11.8 Å². The third-order valence-corrected chi connectivity index (χ3v) is 5.27. The first kappa shape index (κ1) is 17.7. The van der Waals surface area contributed by atoms with Crippen LogP contribution in [-0.4, -0.2) is 25.4 Å². The highest BCUT2D eigenvalue weighted by Gasteiger charge is 2.47. The average Bonchev–Trinajstić information content (AvgIpc) is 3.18. The predicted molar refractivity (Wildman–Crippen MR) is 100 cm³/mol. The van der Waals surface area contributed by atoms with Crippen LogP contribution in [0.3, 0.4) is 0 Å². The minimum Gasteiger partial charge on any atom is -0.454 e. The Kier molecular flexibility index (Phi) is 4.38. The molecule has 3 aliphatic rings. The minimum atomic E-state index is -0.277. The van der Waals surface area contributed by atoms with Gasteiger partial charge in [-0.2, -0.15) is 0 Å². The number of amides is 2. The molecule has 0 radical (unpaired) electrons. The first-order chi connectivity index (χ1) is 14.2. The van der Waals surface area contributed by atoms with Crippen LogP contribution >= 0.6 is 0 Å². The van der Waals surface area contributed by atoms with E-state index in [1.807, 2.05) is 36.4 Å². The van der Waals surface area contributed by atoms with Gasteiger partial charge in [-0.05, 0) is 41.8 Å². The topological polar surface area (TPSA) is 95.1 Å². The molecule has 1 fully saturated rings. The van der Waals surface area contributed by atoms with Crippen molar-refractivity contribution in [1.29, 1.82) is 0 Å². The van der Waals surface area contributed by atoms with E-state index >= 15 is 0 Å². The molecule has 2 aromatic rings. The van der Waals surface area contributed by atoms with Gasteiger partial charge in [-0.25, -0.2) is 0 Å². The summed E-state index contributed by atoms with van der Waals surface area (Å²) in [5.74, 6) is 2.02. The van der Waals surface area contributed by atoms with Crippen LogP contribution in [-0.2, 0) is 22.7 Å². The minimum absolute atomic E-state index is 0.106. The number of hydrogen-bond donors (Lipinski definition) is 2. The lowest BCUT2D eigenvalue weighted by Gasteiger charge is -2.07. The van der Waals surface area contributed by atoms with Crippen molar-refractivity contribution in [3.63, 3.8) is 0 Å². The molecule has 0 spiro atoms. The quantitative estimate of drug-likeness (QED) is 0.772. The van der Waals surface area contributed by atoms with Crippen LogP contribution in [0, 0.1) is 11.8 Å². The molecule has 150 valence electrons. The summed E-state index contributed by atoms with van der Waals surface area (Å²) in [6.45, 7) is 1.21. The Labute approximate surface area is 167 Å². The predicted octanol–water partition coefficient (Wildman–Crippen LogP) is 1.71. The molecule has 2 N–H and O–H groups in total. The maximum Gasteiger partial charge on any atom is 0.231 e. The van der Waals surface area contributed by atoms with Gasteiger partial charge in [-0.15, -0.1) is 0 Å². The van der Waals surface area contributed by atoms with E-state index in [2.05, 4.69) is 10.6 Å². The van der Waals surface area contributed by atoms with Crippen molar-refractivity contribution < 1.29 is 28.5 Å². The Bertz CT molecular complexity index is 898. The van der Waals surface area contributed by atoms with Crippen molar-refractivity contribution in [3.8, 4) is 23.0 Å². The van der Waals surface area contributed by atoms with E-state index in [-0.39, 0.29) is 37.2 Å². The average molecular weight is 396 g/mol. The fourth-order valence-electron chi connectivity index (χ4n) is 3.52. The third kappa shape index (κ3) is 3.65. The van der Waals surface area contributed by atoms with Crippen LogP contribution in [0.4, 0.5) is 0 Å². The number of rotatable bonds is 6. The number of hydrogen-bond acceptors (Lipinski definition) is 6. The Hall–Kier alpha value is -3.42. The first-order valence-electron chi connectivity index (χ1n) is 9.50. The van der Waals surface area contributed by atoms with E-state index in [4.69, 9.17) is 18.9 Å². The standard InChI is InChI=1S/C21H20N2O6/c24-20(22-8-12-1-3-16-18(5-12)28-10-26-16)14-7-15(14)21(25)23-9-13-2-4-17-19(6-13)29-11-27-17/h1-6,14-15H,7-11H2,(H,22,24)(H,23,25). The maximum absolute atomic E-state index is 12.4. The molecular weight excluding hydrogens is 376 g/mol. The van der Waals surface area contributed by atoms with Crippen LogP contribution in [0.5, 0.6) is 23.0 Å². The number of carbonyl (C=O) groups excluding carboxylic acids is 2. The number of ether oxygens (including phenoxy) is 4. The summed E-state index contributed by atoms with van der Waals surface area (Å²) in [5, 5.41) is 5.79. The summed E-state index contributed by atoms with van der Waals surface area (Å²) in [6.07, 6.45) is 0.569. The van der Waals surface area contributed by atoms with Crippen LogP contribution < -0.4 is 29.6 Å². The molecule has 29 heavy (non-hydrogen) atoms. The zero-order valence-electron chi connectivity index (χ0n) is 15.6. The second-order valence-corrected chi connectivity index (χ2v) is 7.26. The number of fused-ring (bicyclic) bond motifs is 2. The maximum atomic E-state index is 12.4. The number of benzene rings is 2. The van der Waals surface area contributed by atoms with Gasteiger partial charge in [0, 0.05) is 13.1 Å². The molecular formula is C21H20N2O6. The second-order valence-electron chi connectivity index (χ2n) is 7.26. The van der Waals surface area contributed by atoms with Crippen LogP contribution in [0.2, 0.25) is 0 Å². The fraction of sp³-hybridized carbons (Fsp3) is 0.333. The van der Waals surface area contributed by atoms with E-state index in [1.54, 1.807) is 0 Å². The van der Waals surface area contributed by atoms with Crippen molar-refractivity contribution in [3.05, 3.63) is 47.5 Å². The van der Waals surface area contributed by atoms with Gasteiger partial charge in [0.2, 0.25) is 25.4 Å². The lowest BCUT2D eigenvalue weighted by molar-refractivity contribution is -0.127.